The maximum atomic E-state index is 11.7. The van der Waals surface area contributed by atoms with Crippen molar-refractivity contribution >= 4 is 5.78 Å². The highest BCUT2D eigenvalue weighted by atomic mass is 16.3. The lowest BCUT2D eigenvalue weighted by Gasteiger charge is -2.37. The Hall–Kier alpha value is -0.630. The van der Waals surface area contributed by atoms with E-state index in [0.717, 1.165) is 12.8 Å². The van der Waals surface area contributed by atoms with Crippen LogP contribution in [0.3, 0.4) is 0 Å². The fourth-order valence-electron chi connectivity index (χ4n) is 2.64. The molecule has 72 valence electrons. The number of carbonyl (C=O) groups excluding carboxylic acids is 1. The summed E-state index contributed by atoms with van der Waals surface area (Å²) in [6.07, 6.45) is 6.26. The van der Waals surface area contributed by atoms with Crippen molar-refractivity contribution in [3.8, 4) is 0 Å². The lowest BCUT2D eigenvalue weighted by atomic mass is 9.67. The number of hydrogen-bond donors (Lipinski definition) is 1. The first-order chi connectivity index (χ1) is 6.20. The van der Waals surface area contributed by atoms with Gasteiger partial charge in [0.15, 0.2) is 5.78 Å². The Bertz CT molecular complexity index is 244. The standard InChI is InChI=1S/C11H16O2/c1-7-3-2-4-8-5-6-9(12)11(13)10(7)8/h2,4,7-10,12H,3,5-6H2,1H3. The molecule has 2 aliphatic carbocycles. The van der Waals surface area contributed by atoms with E-state index in [1.165, 1.54) is 0 Å². The molecule has 0 aliphatic heterocycles. The van der Waals surface area contributed by atoms with Gasteiger partial charge in [0.2, 0.25) is 0 Å². The predicted octanol–water partition coefficient (Wildman–Crippen LogP) is 1.54. The van der Waals surface area contributed by atoms with Crippen molar-refractivity contribution in [2.24, 2.45) is 17.8 Å². The molecule has 0 amide bonds. The summed E-state index contributed by atoms with van der Waals surface area (Å²) >= 11 is 0. The quantitative estimate of drug-likeness (QED) is 0.574. The maximum Gasteiger partial charge on any atom is 0.165 e. The Morgan fingerprint density at radius 1 is 1.46 bits per heavy atom. The molecule has 2 nitrogen and oxygen atoms in total. The highest BCUT2D eigenvalue weighted by molar-refractivity contribution is 5.86. The molecule has 13 heavy (non-hydrogen) atoms. The highest BCUT2D eigenvalue weighted by Crippen LogP contribution is 2.38. The average Bonchev–Trinajstić information content (AvgIpc) is 2.12. The Morgan fingerprint density at radius 2 is 2.23 bits per heavy atom. The average molecular weight is 180 g/mol. The van der Waals surface area contributed by atoms with Gasteiger partial charge >= 0.3 is 0 Å². The van der Waals surface area contributed by atoms with Crippen molar-refractivity contribution in [2.45, 2.75) is 32.3 Å². The van der Waals surface area contributed by atoms with Gasteiger partial charge in [-0.25, -0.2) is 0 Å². The topological polar surface area (TPSA) is 37.3 Å². The summed E-state index contributed by atoms with van der Waals surface area (Å²) in [6.45, 7) is 2.11. The number of aliphatic hydroxyl groups is 1. The van der Waals surface area contributed by atoms with Crippen LogP contribution in [0, 0.1) is 17.8 Å². The van der Waals surface area contributed by atoms with Gasteiger partial charge in [0, 0.05) is 5.92 Å². The van der Waals surface area contributed by atoms with Gasteiger partial charge < -0.3 is 5.11 Å². The van der Waals surface area contributed by atoms with Gasteiger partial charge in [-0.15, -0.1) is 0 Å². The van der Waals surface area contributed by atoms with E-state index in [0.29, 0.717) is 18.3 Å². The molecule has 2 aliphatic rings. The first-order valence-corrected chi connectivity index (χ1v) is 5.08. The van der Waals surface area contributed by atoms with Gasteiger partial charge in [-0.1, -0.05) is 19.1 Å². The number of aliphatic hydroxyl groups excluding tert-OH is 1. The van der Waals surface area contributed by atoms with Crippen LogP contribution in [-0.4, -0.2) is 17.0 Å². The summed E-state index contributed by atoms with van der Waals surface area (Å²) in [5.41, 5.74) is 0. The number of fused-ring (bicyclic) bond motifs is 1. The first-order valence-electron chi connectivity index (χ1n) is 5.08. The monoisotopic (exact) mass is 180 g/mol. The van der Waals surface area contributed by atoms with Crippen LogP contribution in [0.25, 0.3) is 0 Å². The van der Waals surface area contributed by atoms with E-state index in [9.17, 15) is 9.90 Å². The SMILES string of the molecule is CC1CC=CC2CCC(O)C(=O)C12. The molecule has 1 saturated carbocycles. The van der Waals surface area contributed by atoms with Crippen LogP contribution in [0.5, 0.6) is 0 Å². The smallest absolute Gasteiger partial charge is 0.165 e. The second-order valence-electron chi connectivity index (χ2n) is 4.33. The van der Waals surface area contributed by atoms with Gasteiger partial charge in [0.1, 0.15) is 6.10 Å². The summed E-state index contributed by atoms with van der Waals surface area (Å²) in [5.74, 6) is 0.985. The molecule has 0 aromatic rings. The molecular formula is C11H16O2. The Balaban J connectivity index is 2.22. The minimum Gasteiger partial charge on any atom is -0.385 e. The van der Waals surface area contributed by atoms with Crippen molar-refractivity contribution in [1.29, 1.82) is 0 Å². The van der Waals surface area contributed by atoms with E-state index < -0.39 is 6.10 Å². The molecular weight excluding hydrogens is 164 g/mol. The number of allylic oxidation sites excluding steroid dienone is 2. The summed E-state index contributed by atoms with van der Waals surface area (Å²) in [7, 11) is 0. The molecule has 0 radical (unpaired) electrons. The summed E-state index contributed by atoms with van der Waals surface area (Å²) < 4.78 is 0. The summed E-state index contributed by atoms with van der Waals surface area (Å²) in [4.78, 5) is 11.7. The van der Waals surface area contributed by atoms with Crippen molar-refractivity contribution < 1.29 is 9.90 Å². The minimum atomic E-state index is -0.685. The summed E-state index contributed by atoms with van der Waals surface area (Å²) in [6, 6.07) is 0. The Kier molecular flexibility index (Phi) is 2.24. The number of Topliss-reactive ketones (excluding diaryl/α,β-unsaturated/α-hetero) is 1. The van der Waals surface area contributed by atoms with E-state index in [2.05, 4.69) is 19.1 Å². The molecule has 4 atom stereocenters. The molecule has 0 aromatic heterocycles. The zero-order chi connectivity index (χ0) is 9.42. The van der Waals surface area contributed by atoms with Crippen LogP contribution in [0.1, 0.15) is 26.2 Å². The molecule has 1 fully saturated rings. The van der Waals surface area contributed by atoms with Crippen molar-refractivity contribution in [2.75, 3.05) is 0 Å². The molecule has 0 saturated heterocycles. The van der Waals surface area contributed by atoms with Gasteiger partial charge in [0.25, 0.3) is 0 Å². The van der Waals surface area contributed by atoms with Crippen LogP contribution in [0.2, 0.25) is 0 Å². The van der Waals surface area contributed by atoms with E-state index in [1.54, 1.807) is 0 Å². The van der Waals surface area contributed by atoms with E-state index >= 15 is 0 Å². The molecule has 1 N–H and O–H groups in total. The first kappa shape index (κ1) is 8.95. The normalized spacial score (nSPS) is 44.6. The third-order valence-electron chi connectivity index (χ3n) is 3.40. The minimum absolute atomic E-state index is 0.0769. The van der Waals surface area contributed by atoms with E-state index in [4.69, 9.17) is 0 Å². The molecule has 0 aromatic carbocycles. The molecule has 0 spiro atoms. The van der Waals surface area contributed by atoms with Gasteiger partial charge in [-0.2, -0.15) is 0 Å². The Morgan fingerprint density at radius 3 is 3.00 bits per heavy atom. The second kappa shape index (κ2) is 3.26. The van der Waals surface area contributed by atoms with Crippen molar-refractivity contribution in [3.63, 3.8) is 0 Å². The van der Waals surface area contributed by atoms with Gasteiger partial charge in [-0.05, 0) is 31.1 Å². The van der Waals surface area contributed by atoms with Gasteiger partial charge in [0.05, 0.1) is 0 Å². The van der Waals surface area contributed by atoms with Crippen LogP contribution >= 0.6 is 0 Å². The molecule has 2 heteroatoms. The molecule has 4 unspecified atom stereocenters. The second-order valence-corrected chi connectivity index (χ2v) is 4.33. The zero-order valence-corrected chi connectivity index (χ0v) is 7.94. The predicted molar refractivity (Wildman–Crippen MR) is 50.1 cm³/mol. The maximum absolute atomic E-state index is 11.7. The van der Waals surface area contributed by atoms with Crippen LogP contribution in [-0.2, 0) is 4.79 Å². The lowest BCUT2D eigenvalue weighted by Crippen LogP contribution is -2.42. The third kappa shape index (κ3) is 1.44. The number of hydrogen-bond acceptors (Lipinski definition) is 2. The number of carbonyl (C=O) groups is 1. The van der Waals surface area contributed by atoms with Crippen LogP contribution in [0.15, 0.2) is 12.2 Å². The van der Waals surface area contributed by atoms with Crippen LogP contribution in [0.4, 0.5) is 0 Å². The number of rotatable bonds is 0. The van der Waals surface area contributed by atoms with E-state index in [-0.39, 0.29) is 11.7 Å². The van der Waals surface area contributed by atoms with Gasteiger partial charge in [-0.3, -0.25) is 4.79 Å². The fraction of sp³-hybridized carbons (Fsp3) is 0.727. The largest absolute Gasteiger partial charge is 0.385 e. The number of ketones is 1. The zero-order valence-electron chi connectivity index (χ0n) is 7.94. The van der Waals surface area contributed by atoms with Crippen molar-refractivity contribution in [1.82, 2.24) is 0 Å². The third-order valence-corrected chi connectivity index (χ3v) is 3.40. The fourth-order valence-corrected chi connectivity index (χ4v) is 2.64. The lowest BCUT2D eigenvalue weighted by molar-refractivity contribution is -0.138. The summed E-state index contributed by atoms with van der Waals surface area (Å²) in [5, 5.41) is 9.46. The molecule has 2 rings (SSSR count). The Labute approximate surface area is 78.6 Å². The van der Waals surface area contributed by atoms with E-state index in [1.807, 2.05) is 0 Å². The van der Waals surface area contributed by atoms with Crippen molar-refractivity contribution in [3.05, 3.63) is 12.2 Å². The molecule has 0 heterocycles. The van der Waals surface area contributed by atoms with Crippen LogP contribution < -0.4 is 0 Å². The highest BCUT2D eigenvalue weighted by Gasteiger charge is 2.40. The molecule has 0 bridgehead atoms.